The zero-order valence-corrected chi connectivity index (χ0v) is 16.7. The number of anilines is 2. The highest BCUT2D eigenvalue weighted by molar-refractivity contribution is 14.1. The number of hydrogen-bond acceptors (Lipinski definition) is 3. The minimum absolute atomic E-state index is 0.0753. The van der Waals surface area contributed by atoms with E-state index < -0.39 is 0 Å². The van der Waals surface area contributed by atoms with Gasteiger partial charge in [0.2, 0.25) is 0 Å². The molecule has 0 aliphatic carbocycles. The maximum atomic E-state index is 12.7. The third-order valence-electron chi connectivity index (χ3n) is 3.68. The predicted molar refractivity (Wildman–Crippen MR) is 109 cm³/mol. The van der Waals surface area contributed by atoms with E-state index in [1.807, 2.05) is 42.5 Å². The SMILES string of the molecule is O=C(Nc1ccccc1N1CCOCC1)c1cc(I)ccc1I. The maximum absolute atomic E-state index is 12.7. The molecule has 1 fully saturated rings. The van der Waals surface area contributed by atoms with Gasteiger partial charge in [-0.05, 0) is 75.5 Å². The average Bonchev–Trinajstić information content (AvgIpc) is 2.58. The molecule has 23 heavy (non-hydrogen) atoms. The molecule has 1 aliphatic rings. The van der Waals surface area contributed by atoms with Crippen LogP contribution in [0.5, 0.6) is 0 Å². The first-order valence-electron chi connectivity index (χ1n) is 7.33. The normalized spacial score (nSPS) is 14.6. The van der Waals surface area contributed by atoms with Crippen LogP contribution in [0.15, 0.2) is 42.5 Å². The Morgan fingerprint density at radius 1 is 1.09 bits per heavy atom. The van der Waals surface area contributed by atoms with Crippen molar-refractivity contribution >= 4 is 62.5 Å². The summed E-state index contributed by atoms with van der Waals surface area (Å²) >= 11 is 4.42. The van der Waals surface area contributed by atoms with Crippen LogP contribution in [0.1, 0.15) is 10.4 Å². The quantitative estimate of drug-likeness (QED) is 0.607. The average molecular weight is 534 g/mol. The zero-order chi connectivity index (χ0) is 16.2. The van der Waals surface area contributed by atoms with Crippen molar-refractivity contribution in [2.45, 2.75) is 0 Å². The van der Waals surface area contributed by atoms with Crippen LogP contribution < -0.4 is 10.2 Å². The fourth-order valence-corrected chi connectivity index (χ4v) is 3.59. The Morgan fingerprint density at radius 2 is 1.83 bits per heavy atom. The molecule has 1 aliphatic heterocycles. The third-order valence-corrected chi connectivity index (χ3v) is 5.29. The van der Waals surface area contributed by atoms with Gasteiger partial charge in [-0.1, -0.05) is 12.1 Å². The Kier molecular flexibility index (Phi) is 5.76. The van der Waals surface area contributed by atoms with Gasteiger partial charge in [0, 0.05) is 20.2 Å². The van der Waals surface area contributed by atoms with Gasteiger partial charge >= 0.3 is 0 Å². The number of halogens is 2. The van der Waals surface area contributed by atoms with Gasteiger partial charge in [-0.2, -0.15) is 0 Å². The highest BCUT2D eigenvalue weighted by Crippen LogP contribution is 2.27. The van der Waals surface area contributed by atoms with Gasteiger partial charge in [0.15, 0.2) is 0 Å². The minimum Gasteiger partial charge on any atom is -0.378 e. The van der Waals surface area contributed by atoms with Crippen molar-refractivity contribution in [1.82, 2.24) is 0 Å². The number of ether oxygens (including phenoxy) is 1. The molecule has 2 aromatic carbocycles. The summed E-state index contributed by atoms with van der Waals surface area (Å²) in [5, 5.41) is 3.06. The largest absolute Gasteiger partial charge is 0.378 e. The monoisotopic (exact) mass is 534 g/mol. The second-order valence-electron chi connectivity index (χ2n) is 5.19. The van der Waals surface area contributed by atoms with Gasteiger partial charge in [-0.15, -0.1) is 0 Å². The minimum atomic E-state index is -0.0753. The molecule has 6 heteroatoms. The number of morpholine rings is 1. The number of carbonyl (C=O) groups excluding carboxylic acids is 1. The first kappa shape index (κ1) is 17.0. The topological polar surface area (TPSA) is 41.6 Å². The summed E-state index contributed by atoms with van der Waals surface area (Å²) in [7, 11) is 0. The fourth-order valence-electron chi connectivity index (χ4n) is 2.52. The lowest BCUT2D eigenvalue weighted by Gasteiger charge is -2.30. The summed E-state index contributed by atoms with van der Waals surface area (Å²) in [6.07, 6.45) is 0. The molecule has 0 saturated carbocycles. The Balaban J connectivity index is 1.85. The van der Waals surface area contributed by atoms with E-state index in [0.717, 1.165) is 44.8 Å². The molecular weight excluding hydrogens is 518 g/mol. The molecule has 4 nitrogen and oxygen atoms in total. The van der Waals surface area contributed by atoms with Crippen molar-refractivity contribution in [1.29, 1.82) is 0 Å². The summed E-state index contributed by atoms with van der Waals surface area (Å²) in [6, 6.07) is 13.8. The summed E-state index contributed by atoms with van der Waals surface area (Å²) in [4.78, 5) is 14.9. The Hall–Kier alpha value is -0.870. The van der Waals surface area contributed by atoms with Gasteiger partial charge < -0.3 is 15.0 Å². The lowest BCUT2D eigenvalue weighted by molar-refractivity contribution is 0.102. The molecule has 0 aromatic heterocycles. The smallest absolute Gasteiger partial charge is 0.256 e. The van der Waals surface area contributed by atoms with E-state index in [2.05, 4.69) is 55.4 Å². The number of para-hydroxylation sites is 2. The van der Waals surface area contributed by atoms with E-state index in [9.17, 15) is 4.79 Å². The van der Waals surface area contributed by atoms with Crippen molar-refractivity contribution in [3.05, 3.63) is 55.2 Å². The number of rotatable bonds is 3. The van der Waals surface area contributed by atoms with Crippen molar-refractivity contribution in [3.8, 4) is 0 Å². The molecule has 1 saturated heterocycles. The van der Waals surface area contributed by atoms with E-state index in [4.69, 9.17) is 4.74 Å². The number of nitrogens with zero attached hydrogens (tertiary/aromatic N) is 1. The highest BCUT2D eigenvalue weighted by atomic mass is 127. The summed E-state index contributed by atoms with van der Waals surface area (Å²) in [6.45, 7) is 3.12. The van der Waals surface area contributed by atoms with Crippen LogP contribution in [0.2, 0.25) is 0 Å². The van der Waals surface area contributed by atoms with E-state index >= 15 is 0 Å². The van der Waals surface area contributed by atoms with Crippen molar-refractivity contribution in [2.24, 2.45) is 0 Å². The molecule has 2 aromatic rings. The van der Waals surface area contributed by atoms with E-state index in [1.165, 1.54) is 0 Å². The van der Waals surface area contributed by atoms with Gasteiger partial charge in [-0.3, -0.25) is 4.79 Å². The van der Waals surface area contributed by atoms with Crippen LogP contribution in [0.4, 0.5) is 11.4 Å². The summed E-state index contributed by atoms with van der Waals surface area (Å²) in [5.41, 5.74) is 2.59. The van der Waals surface area contributed by atoms with Crippen LogP contribution >= 0.6 is 45.2 Å². The summed E-state index contributed by atoms with van der Waals surface area (Å²) in [5.74, 6) is -0.0753. The molecule has 3 rings (SSSR count). The number of hydrogen-bond donors (Lipinski definition) is 1. The highest BCUT2D eigenvalue weighted by Gasteiger charge is 2.17. The van der Waals surface area contributed by atoms with Crippen molar-refractivity contribution in [2.75, 3.05) is 36.5 Å². The van der Waals surface area contributed by atoms with Gasteiger partial charge in [0.25, 0.3) is 5.91 Å². The van der Waals surface area contributed by atoms with E-state index in [0.29, 0.717) is 5.56 Å². The second-order valence-corrected chi connectivity index (χ2v) is 7.60. The Bertz CT molecular complexity index is 715. The van der Waals surface area contributed by atoms with E-state index in [1.54, 1.807) is 0 Å². The first-order chi connectivity index (χ1) is 11.1. The zero-order valence-electron chi connectivity index (χ0n) is 12.4. The number of carbonyl (C=O) groups is 1. The maximum Gasteiger partial charge on any atom is 0.256 e. The fraction of sp³-hybridized carbons (Fsp3) is 0.235. The number of amides is 1. The number of benzene rings is 2. The Morgan fingerprint density at radius 3 is 2.61 bits per heavy atom. The van der Waals surface area contributed by atoms with Crippen LogP contribution in [-0.2, 0) is 4.74 Å². The lowest BCUT2D eigenvalue weighted by atomic mass is 10.2. The van der Waals surface area contributed by atoms with Crippen LogP contribution in [0.3, 0.4) is 0 Å². The molecule has 0 unspecified atom stereocenters. The van der Waals surface area contributed by atoms with Gasteiger partial charge in [0.1, 0.15) is 0 Å². The van der Waals surface area contributed by atoms with E-state index in [-0.39, 0.29) is 5.91 Å². The molecule has 1 heterocycles. The van der Waals surface area contributed by atoms with Gasteiger partial charge in [0.05, 0.1) is 30.2 Å². The molecule has 0 spiro atoms. The molecule has 0 atom stereocenters. The number of nitrogens with one attached hydrogen (secondary N) is 1. The van der Waals surface area contributed by atoms with Gasteiger partial charge in [-0.25, -0.2) is 0 Å². The predicted octanol–water partition coefficient (Wildman–Crippen LogP) is 3.98. The molecule has 0 bridgehead atoms. The first-order valence-corrected chi connectivity index (χ1v) is 9.49. The Labute approximate surface area is 162 Å². The lowest BCUT2D eigenvalue weighted by Crippen LogP contribution is -2.36. The standard InChI is InChI=1S/C17H16I2N2O2/c18-12-5-6-14(19)13(11-12)17(22)20-15-3-1-2-4-16(15)21-7-9-23-10-8-21/h1-6,11H,7-10H2,(H,20,22). The van der Waals surface area contributed by atoms with Crippen LogP contribution in [-0.4, -0.2) is 32.2 Å². The van der Waals surface area contributed by atoms with Crippen LogP contribution in [0.25, 0.3) is 0 Å². The molecule has 1 amide bonds. The molecule has 1 N–H and O–H groups in total. The third kappa shape index (κ3) is 4.16. The molecular formula is C17H16I2N2O2. The molecule has 120 valence electrons. The molecule has 0 radical (unpaired) electrons. The van der Waals surface area contributed by atoms with Crippen molar-refractivity contribution in [3.63, 3.8) is 0 Å². The van der Waals surface area contributed by atoms with Crippen molar-refractivity contribution < 1.29 is 9.53 Å². The summed E-state index contributed by atoms with van der Waals surface area (Å²) < 4.78 is 7.41. The second kappa shape index (κ2) is 7.80. The van der Waals surface area contributed by atoms with Crippen LogP contribution in [0, 0.1) is 7.14 Å².